The van der Waals surface area contributed by atoms with Gasteiger partial charge in [0.05, 0.1) is 4.92 Å². The minimum absolute atomic E-state index is 0.00772. The highest BCUT2D eigenvalue weighted by Gasteiger charge is 2.31. The van der Waals surface area contributed by atoms with Crippen molar-refractivity contribution in [3.8, 4) is 0 Å². The first-order chi connectivity index (χ1) is 12.3. The summed E-state index contributed by atoms with van der Waals surface area (Å²) in [5, 5.41) is 10.8. The minimum Gasteiger partial charge on any atom is -0.322 e. The molecule has 2 aromatic rings. The SMILES string of the molecule is CC(C)(C)c1ccc([C@H]2SCCN2C(=O)c2ccc([N+](=O)[O-])cc2)cc1. The molecule has 1 amide bonds. The van der Waals surface area contributed by atoms with Gasteiger partial charge in [-0.2, -0.15) is 0 Å². The lowest BCUT2D eigenvalue weighted by Gasteiger charge is -2.25. The molecule has 1 fully saturated rings. The van der Waals surface area contributed by atoms with Crippen LogP contribution in [0.2, 0.25) is 0 Å². The van der Waals surface area contributed by atoms with Crippen molar-refractivity contribution in [2.24, 2.45) is 0 Å². The van der Waals surface area contributed by atoms with Crippen molar-refractivity contribution in [3.05, 3.63) is 75.3 Å². The van der Waals surface area contributed by atoms with Crippen molar-refractivity contribution in [1.82, 2.24) is 4.90 Å². The molecule has 0 saturated carbocycles. The lowest BCUT2D eigenvalue weighted by Crippen LogP contribution is -2.30. The zero-order chi connectivity index (χ0) is 18.9. The van der Waals surface area contributed by atoms with Crippen LogP contribution in [0.5, 0.6) is 0 Å². The number of carbonyl (C=O) groups is 1. The molecule has 0 radical (unpaired) electrons. The lowest BCUT2D eigenvalue weighted by atomic mass is 9.86. The summed E-state index contributed by atoms with van der Waals surface area (Å²) in [5.74, 6) is 0.791. The van der Waals surface area contributed by atoms with Crippen molar-refractivity contribution >= 4 is 23.4 Å². The van der Waals surface area contributed by atoms with E-state index in [1.165, 1.54) is 29.8 Å². The number of rotatable bonds is 3. The van der Waals surface area contributed by atoms with Crippen molar-refractivity contribution in [2.45, 2.75) is 31.6 Å². The predicted octanol–water partition coefficient (Wildman–Crippen LogP) is 4.78. The molecule has 1 atom stereocenters. The second-order valence-corrected chi connectivity index (χ2v) is 8.59. The van der Waals surface area contributed by atoms with Gasteiger partial charge in [0.1, 0.15) is 5.37 Å². The zero-order valence-electron chi connectivity index (χ0n) is 15.1. The largest absolute Gasteiger partial charge is 0.322 e. The van der Waals surface area contributed by atoms with Gasteiger partial charge >= 0.3 is 0 Å². The molecule has 3 rings (SSSR count). The molecule has 1 heterocycles. The molecule has 1 aliphatic heterocycles. The highest BCUT2D eigenvalue weighted by atomic mass is 32.2. The van der Waals surface area contributed by atoms with Crippen molar-refractivity contribution in [3.63, 3.8) is 0 Å². The molecule has 0 N–H and O–H groups in total. The minimum atomic E-state index is -0.459. The van der Waals surface area contributed by atoms with Gasteiger partial charge in [0.15, 0.2) is 0 Å². The summed E-state index contributed by atoms with van der Waals surface area (Å²) in [6.45, 7) is 7.20. The molecule has 0 spiro atoms. The summed E-state index contributed by atoms with van der Waals surface area (Å²) in [5.41, 5.74) is 2.93. The average molecular weight is 370 g/mol. The fourth-order valence-corrected chi connectivity index (χ4v) is 4.25. The zero-order valence-corrected chi connectivity index (χ0v) is 16.0. The van der Waals surface area contributed by atoms with Gasteiger partial charge in [-0.05, 0) is 28.7 Å². The molecule has 0 aromatic heterocycles. The van der Waals surface area contributed by atoms with E-state index in [1.807, 2.05) is 4.90 Å². The Morgan fingerprint density at radius 1 is 1.12 bits per heavy atom. The van der Waals surface area contributed by atoms with E-state index < -0.39 is 4.92 Å². The Balaban J connectivity index is 1.81. The van der Waals surface area contributed by atoms with Gasteiger partial charge in [0, 0.05) is 30.0 Å². The molecule has 1 saturated heterocycles. The van der Waals surface area contributed by atoms with E-state index in [2.05, 4.69) is 45.0 Å². The Morgan fingerprint density at radius 3 is 2.27 bits per heavy atom. The van der Waals surface area contributed by atoms with E-state index in [9.17, 15) is 14.9 Å². The molecule has 6 heteroatoms. The third-order valence-electron chi connectivity index (χ3n) is 4.54. The lowest BCUT2D eigenvalue weighted by molar-refractivity contribution is -0.384. The summed E-state index contributed by atoms with van der Waals surface area (Å²) in [4.78, 5) is 25.0. The first kappa shape index (κ1) is 18.5. The van der Waals surface area contributed by atoms with Gasteiger partial charge in [-0.1, -0.05) is 45.0 Å². The second kappa shape index (κ2) is 7.11. The number of hydrogen-bond acceptors (Lipinski definition) is 4. The molecular formula is C20H22N2O3S. The normalized spacial score (nSPS) is 17.3. The molecule has 1 aliphatic rings. The maximum Gasteiger partial charge on any atom is 0.269 e. The number of thioether (sulfide) groups is 1. The predicted molar refractivity (Wildman–Crippen MR) is 104 cm³/mol. The topological polar surface area (TPSA) is 63.5 Å². The standard InChI is InChI=1S/C20H22N2O3S/c1-20(2,3)16-8-4-15(5-9-16)19-21(12-13-26-19)18(23)14-6-10-17(11-7-14)22(24)25/h4-11,19H,12-13H2,1-3H3/t19-/m1/s1. The Morgan fingerprint density at radius 2 is 1.73 bits per heavy atom. The maximum atomic E-state index is 12.9. The smallest absolute Gasteiger partial charge is 0.269 e. The van der Waals surface area contributed by atoms with Crippen molar-refractivity contribution in [2.75, 3.05) is 12.3 Å². The molecule has 26 heavy (non-hydrogen) atoms. The van der Waals surface area contributed by atoms with Gasteiger partial charge in [-0.15, -0.1) is 11.8 Å². The molecular weight excluding hydrogens is 348 g/mol. The quantitative estimate of drug-likeness (QED) is 0.576. The van der Waals surface area contributed by atoms with Crippen LogP contribution in [0.15, 0.2) is 48.5 Å². The van der Waals surface area contributed by atoms with Crippen LogP contribution in [0, 0.1) is 10.1 Å². The molecule has 5 nitrogen and oxygen atoms in total. The number of benzene rings is 2. The van der Waals surface area contributed by atoms with E-state index in [0.29, 0.717) is 12.1 Å². The first-order valence-corrected chi connectivity index (χ1v) is 9.60. The van der Waals surface area contributed by atoms with Crippen molar-refractivity contribution in [1.29, 1.82) is 0 Å². The average Bonchev–Trinajstić information content (AvgIpc) is 3.10. The van der Waals surface area contributed by atoms with Crippen LogP contribution in [-0.4, -0.2) is 28.0 Å². The molecule has 2 aromatic carbocycles. The van der Waals surface area contributed by atoms with Crippen molar-refractivity contribution < 1.29 is 9.72 Å². The van der Waals surface area contributed by atoms with Crippen LogP contribution < -0.4 is 0 Å². The monoisotopic (exact) mass is 370 g/mol. The van der Waals surface area contributed by atoms with E-state index in [1.54, 1.807) is 11.8 Å². The first-order valence-electron chi connectivity index (χ1n) is 8.55. The number of amides is 1. The Kier molecular flexibility index (Phi) is 5.05. The third-order valence-corrected chi connectivity index (χ3v) is 5.80. The van der Waals surface area contributed by atoms with Crippen LogP contribution >= 0.6 is 11.8 Å². The fourth-order valence-electron chi connectivity index (χ4n) is 2.99. The molecule has 136 valence electrons. The number of carbonyl (C=O) groups excluding carboxylic acids is 1. The van der Waals surface area contributed by atoms with Crippen LogP contribution in [0.25, 0.3) is 0 Å². The fraction of sp³-hybridized carbons (Fsp3) is 0.350. The van der Waals surface area contributed by atoms with Gasteiger partial charge < -0.3 is 4.90 Å². The summed E-state index contributed by atoms with van der Waals surface area (Å²) < 4.78 is 0. The summed E-state index contributed by atoms with van der Waals surface area (Å²) in [7, 11) is 0. The molecule has 0 bridgehead atoms. The number of hydrogen-bond donors (Lipinski definition) is 0. The van der Waals surface area contributed by atoms with Gasteiger partial charge in [0.25, 0.3) is 11.6 Å². The third kappa shape index (κ3) is 3.75. The molecule has 0 aliphatic carbocycles. The van der Waals surface area contributed by atoms with Crippen LogP contribution in [-0.2, 0) is 5.41 Å². The molecule has 0 unspecified atom stereocenters. The highest BCUT2D eigenvalue weighted by Crippen LogP contribution is 2.39. The Hall–Kier alpha value is -2.34. The van der Waals surface area contributed by atoms with Gasteiger partial charge in [-0.25, -0.2) is 0 Å². The Labute approximate surface area is 157 Å². The van der Waals surface area contributed by atoms with Gasteiger partial charge in [-0.3, -0.25) is 14.9 Å². The van der Waals surface area contributed by atoms with Crippen LogP contribution in [0.1, 0.15) is 47.6 Å². The summed E-state index contributed by atoms with van der Waals surface area (Å²) in [6, 6.07) is 14.3. The van der Waals surface area contributed by atoms with E-state index in [4.69, 9.17) is 0 Å². The number of non-ortho nitro benzene ring substituents is 1. The summed E-state index contributed by atoms with van der Waals surface area (Å²) in [6.07, 6.45) is 0. The van der Waals surface area contributed by atoms with Crippen LogP contribution in [0.3, 0.4) is 0 Å². The van der Waals surface area contributed by atoms with Crippen LogP contribution in [0.4, 0.5) is 5.69 Å². The summed E-state index contributed by atoms with van der Waals surface area (Å²) >= 11 is 1.74. The van der Waals surface area contributed by atoms with E-state index >= 15 is 0 Å². The van der Waals surface area contributed by atoms with E-state index in [-0.39, 0.29) is 22.4 Å². The second-order valence-electron chi connectivity index (χ2n) is 7.40. The number of nitrogens with zero attached hydrogens (tertiary/aromatic N) is 2. The highest BCUT2D eigenvalue weighted by molar-refractivity contribution is 7.99. The Bertz CT molecular complexity index is 810. The van der Waals surface area contributed by atoms with Gasteiger partial charge in [0.2, 0.25) is 0 Å². The number of nitro groups is 1. The van der Waals surface area contributed by atoms with E-state index in [0.717, 1.165) is 11.3 Å². The number of nitro benzene ring substituents is 1. The maximum absolute atomic E-state index is 12.9.